The molecule has 0 spiro atoms. The van der Waals surface area contributed by atoms with Crippen LogP contribution in [0.1, 0.15) is 0 Å². The molecule has 0 aliphatic heterocycles. The van der Waals surface area contributed by atoms with Crippen molar-refractivity contribution in [2.75, 3.05) is 13.2 Å². The number of fused-ring (bicyclic) bond motifs is 1. The highest BCUT2D eigenvalue weighted by Crippen LogP contribution is 2.24. The topological polar surface area (TPSA) is 125 Å². The van der Waals surface area contributed by atoms with Gasteiger partial charge in [0.15, 0.2) is 18.0 Å². The van der Waals surface area contributed by atoms with Crippen LogP contribution in [0.2, 0.25) is 0 Å². The number of aromatic amines is 2. The first-order valence-electron chi connectivity index (χ1n) is 6.68. The molecule has 3 aromatic heterocycles. The molecule has 3 N–H and O–H groups in total. The summed E-state index contributed by atoms with van der Waals surface area (Å²) in [7, 11) is 0. The van der Waals surface area contributed by atoms with Crippen molar-refractivity contribution in [3.63, 3.8) is 0 Å². The number of H-pyrrole nitrogens is 2. The Morgan fingerprint density at radius 3 is 2.88 bits per heavy atom. The molecule has 3 rings (SSSR count). The molecule has 0 unspecified atom stereocenters. The quantitative estimate of drug-likeness (QED) is 0.590. The molecule has 0 aliphatic carbocycles. The van der Waals surface area contributed by atoms with Crippen molar-refractivity contribution in [3.05, 3.63) is 45.5 Å². The number of hydrogen-bond acceptors (Lipinski definition) is 6. The number of hydrogen-bond donors (Lipinski definition) is 3. The molecule has 0 aliphatic rings. The van der Waals surface area contributed by atoms with Crippen LogP contribution in [0, 0.1) is 0 Å². The number of ether oxygens (including phenoxy) is 1. The molecule has 0 saturated carbocycles. The van der Waals surface area contributed by atoms with E-state index in [0.717, 1.165) is 6.20 Å². The second-order valence-corrected chi connectivity index (χ2v) is 4.88. The van der Waals surface area contributed by atoms with E-state index in [0.29, 0.717) is 0 Å². The second kappa shape index (κ2) is 5.85. The van der Waals surface area contributed by atoms with E-state index >= 15 is 0 Å². The maximum Gasteiger partial charge on any atom is 0.325 e. The molecule has 0 aromatic carbocycles. The fraction of sp³-hybridized carbons (Fsp3) is 0.231. The van der Waals surface area contributed by atoms with E-state index in [-0.39, 0.29) is 22.7 Å². The van der Waals surface area contributed by atoms with Gasteiger partial charge in [-0.15, -0.1) is 0 Å². The smallest absolute Gasteiger partial charge is 0.325 e. The number of nitrogens with zero attached hydrogens (tertiary/aromatic N) is 3. The first-order valence-corrected chi connectivity index (χ1v) is 6.68. The lowest BCUT2D eigenvalue weighted by Crippen LogP contribution is -2.30. The molecule has 0 fully saturated rings. The largest absolute Gasteiger partial charge is 0.483 e. The monoisotopic (exact) mass is 339 g/mol. The Balaban J connectivity index is 2.07. The minimum Gasteiger partial charge on any atom is -0.483 e. The summed E-state index contributed by atoms with van der Waals surface area (Å²) in [6.07, 6.45) is 3.97. The molecule has 0 amide bonds. The predicted octanol–water partition coefficient (Wildman–Crippen LogP) is -0.221. The molecule has 3 aromatic rings. The van der Waals surface area contributed by atoms with Gasteiger partial charge in [-0.1, -0.05) is 0 Å². The molecular weight excluding hydrogens is 328 g/mol. The van der Waals surface area contributed by atoms with Crippen LogP contribution in [-0.2, 0) is 0 Å². The summed E-state index contributed by atoms with van der Waals surface area (Å²) in [5, 5.41) is 12.7. The number of nitrogens with one attached hydrogen (secondary N) is 2. The molecular formula is C13H11F2N5O4. The standard InChI is InChI=1S/C13H11F2N5O4/c14-13(15,5-21)6-24-9-3-8(19-20-2-1-16-10(9)20)7-4-17-12(23)18-11(7)22/h1-4,21H,5-6H2,(H2,17,18,22,23). The number of rotatable bonds is 5. The Morgan fingerprint density at radius 1 is 1.38 bits per heavy atom. The molecule has 0 radical (unpaired) electrons. The zero-order chi connectivity index (χ0) is 17.3. The van der Waals surface area contributed by atoms with Crippen LogP contribution in [0.5, 0.6) is 5.75 Å². The van der Waals surface area contributed by atoms with Crippen molar-refractivity contribution in [1.29, 1.82) is 0 Å². The highest BCUT2D eigenvalue weighted by Gasteiger charge is 2.29. The Labute approximate surface area is 131 Å². The van der Waals surface area contributed by atoms with Crippen molar-refractivity contribution < 1.29 is 18.6 Å². The zero-order valence-corrected chi connectivity index (χ0v) is 12.0. The van der Waals surface area contributed by atoms with Gasteiger partial charge < -0.3 is 14.8 Å². The summed E-state index contributed by atoms with van der Waals surface area (Å²) in [6, 6.07) is 1.25. The van der Waals surface area contributed by atoms with Gasteiger partial charge in [0, 0.05) is 24.7 Å². The first kappa shape index (κ1) is 15.8. The van der Waals surface area contributed by atoms with Crippen LogP contribution in [-0.4, -0.2) is 48.8 Å². The Bertz CT molecular complexity index is 994. The summed E-state index contributed by atoms with van der Waals surface area (Å²) in [6.45, 7) is -2.44. The molecule has 9 nitrogen and oxygen atoms in total. The maximum absolute atomic E-state index is 13.2. The van der Waals surface area contributed by atoms with E-state index in [9.17, 15) is 18.4 Å². The van der Waals surface area contributed by atoms with Crippen molar-refractivity contribution in [1.82, 2.24) is 24.6 Å². The van der Waals surface area contributed by atoms with Gasteiger partial charge in [-0.3, -0.25) is 9.78 Å². The van der Waals surface area contributed by atoms with Gasteiger partial charge in [-0.25, -0.2) is 23.1 Å². The Morgan fingerprint density at radius 2 is 2.17 bits per heavy atom. The average molecular weight is 339 g/mol. The summed E-state index contributed by atoms with van der Waals surface area (Å²) in [5.74, 6) is -3.48. The first-order chi connectivity index (χ1) is 11.4. The Hall–Kier alpha value is -3.08. The van der Waals surface area contributed by atoms with Crippen molar-refractivity contribution >= 4 is 5.65 Å². The molecule has 24 heavy (non-hydrogen) atoms. The highest BCUT2D eigenvalue weighted by molar-refractivity contribution is 5.64. The summed E-state index contributed by atoms with van der Waals surface area (Å²) < 4.78 is 32.7. The third-order valence-electron chi connectivity index (χ3n) is 3.09. The van der Waals surface area contributed by atoms with E-state index in [1.165, 1.54) is 23.0 Å². The second-order valence-electron chi connectivity index (χ2n) is 4.88. The predicted molar refractivity (Wildman–Crippen MR) is 77.2 cm³/mol. The van der Waals surface area contributed by atoms with Crippen LogP contribution in [0.15, 0.2) is 34.2 Å². The summed E-state index contributed by atoms with van der Waals surface area (Å²) in [4.78, 5) is 31.2. The minimum atomic E-state index is -3.43. The normalized spacial score (nSPS) is 11.8. The summed E-state index contributed by atoms with van der Waals surface area (Å²) in [5.41, 5.74) is -1.12. The number of alkyl halides is 2. The van der Waals surface area contributed by atoms with Gasteiger partial charge in [0.2, 0.25) is 0 Å². The molecule has 0 saturated heterocycles. The van der Waals surface area contributed by atoms with Crippen LogP contribution in [0.3, 0.4) is 0 Å². The van der Waals surface area contributed by atoms with Gasteiger partial charge in [-0.05, 0) is 0 Å². The number of halogens is 2. The van der Waals surface area contributed by atoms with Crippen LogP contribution < -0.4 is 16.0 Å². The van der Waals surface area contributed by atoms with Gasteiger partial charge in [-0.2, -0.15) is 5.10 Å². The fourth-order valence-corrected chi connectivity index (χ4v) is 1.95. The molecule has 0 bridgehead atoms. The minimum absolute atomic E-state index is 0.0176. The van der Waals surface area contributed by atoms with Crippen molar-refractivity contribution in [2.45, 2.75) is 5.92 Å². The van der Waals surface area contributed by atoms with Crippen molar-refractivity contribution in [2.24, 2.45) is 0 Å². The van der Waals surface area contributed by atoms with E-state index in [1.54, 1.807) is 0 Å². The number of aliphatic hydroxyl groups excluding tert-OH is 1. The lowest BCUT2D eigenvalue weighted by molar-refractivity contribution is -0.0799. The summed E-state index contributed by atoms with van der Waals surface area (Å²) >= 11 is 0. The van der Waals surface area contributed by atoms with Crippen molar-refractivity contribution in [3.8, 4) is 17.0 Å². The zero-order valence-electron chi connectivity index (χ0n) is 12.0. The van der Waals surface area contributed by atoms with Gasteiger partial charge in [0.05, 0.1) is 5.56 Å². The van der Waals surface area contributed by atoms with Gasteiger partial charge in [0.25, 0.3) is 5.56 Å². The molecule has 126 valence electrons. The third kappa shape index (κ3) is 3.01. The van der Waals surface area contributed by atoms with Crippen LogP contribution in [0.25, 0.3) is 16.9 Å². The molecule has 0 atom stereocenters. The highest BCUT2D eigenvalue weighted by atomic mass is 19.3. The number of aromatic nitrogens is 5. The average Bonchev–Trinajstić information content (AvgIpc) is 3.01. The SMILES string of the molecule is O=c1[nH]cc(-c2cc(OCC(F)(F)CO)c3nccn3n2)c(=O)[nH]1. The lowest BCUT2D eigenvalue weighted by Gasteiger charge is -2.15. The van der Waals surface area contributed by atoms with E-state index < -0.39 is 30.4 Å². The number of imidazole rings is 1. The van der Waals surface area contributed by atoms with E-state index in [4.69, 9.17) is 9.84 Å². The van der Waals surface area contributed by atoms with Crippen LogP contribution in [0.4, 0.5) is 8.78 Å². The van der Waals surface area contributed by atoms with E-state index in [2.05, 4.69) is 15.1 Å². The fourth-order valence-electron chi connectivity index (χ4n) is 1.95. The molecule has 3 heterocycles. The lowest BCUT2D eigenvalue weighted by atomic mass is 10.2. The number of aliphatic hydroxyl groups is 1. The Kier molecular flexibility index (Phi) is 3.85. The van der Waals surface area contributed by atoms with Gasteiger partial charge in [0.1, 0.15) is 12.3 Å². The van der Waals surface area contributed by atoms with Crippen LogP contribution >= 0.6 is 0 Å². The molecule has 11 heteroatoms. The maximum atomic E-state index is 13.2. The van der Waals surface area contributed by atoms with Gasteiger partial charge >= 0.3 is 11.6 Å². The third-order valence-corrected chi connectivity index (χ3v) is 3.09. The van der Waals surface area contributed by atoms with E-state index in [1.807, 2.05) is 4.98 Å².